The van der Waals surface area contributed by atoms with E-state index in [0.717, 1.165) is 28.6 Å². The molecule has 2 aromatic carbocycles. The van der Waals surface area contributed by atoms with Gasteiger partial charge in [-0.3, -0.25) is 9.78 Å². The summed E-state index contributed by atoms with van der Waals surface area (Å²) in [5.41, 5.74) is 3.31. The molecule has 1 heterocycles. The fraction of sp³-hybridized carbons (Fsp3) is 0.200. The van der Waals surface area contributed by atoms with E-state index < -0.39 is 9.84 Å². The van der Waals surface area contributed by atoms with E-state index in [0.29, 0.717) is 11.1 Å². The van der Waals surface area contributed by atoms with Crippen LogP contribution in [0.25, 0.3) is 10.9 Å². The average Bonchev–Trinajstić information content (AvgIpc) is 2.63. The molecule has 0 saturated carbocycles. The van der Waals surface area contributed by atoms with Crippen molar-refractivity contribution in [2.24, 2.45) is 0 Å². The van der Waals surface area contributed by atoms with Gasteiger partial charge in [0.15, 0.2) is 0 Å². The van der Waals surface area contributed by atoms with Crippen molar-refractivity contribution in [3.63, 3.8) is 0 Å². The predicted molar refractivity (Wildman–Crippen MR) is 110 cm³/mol. The summed E-state index contributed by atoms with van der Waals surface area (Å²) in [6.07, 6.45) is 2.72. The molecule has 28 heavy (non-hydrogen) atoms. The maximum absolute atomic E-state index is 12.5. The highest BCUT2D eigenvalue weighted by Gasteiger charge is 2.14. The van der Waals surface area contributed by atoms with Crippen molar-refractivity contribution in [2.45, 2.75) is 6.92 Å². The minimum Gasteiger partial charge on any atom is -0.508 e. The number of amides is 1. The highest BCUT2D eigenvalue weighted by molar-refractivity contribution is 7.90. The van der Waals surface area contributed by atoms with E-state index in [1.165, 1.54) is 0 Å². The summed E-state index contributed by atoms with van der Waals surface area (Å²) in [6.45, 7) is 1.96. The van der Waals surface area contributed by atoms with Gasteiger partial charge < -0.3 is 15.7 Å². The third-order valence-corrected chi connectivity index (χ3v) is 5.21. The number of aromatic hydroxyl groups is 1. The average molecular weight is 399 g/mol. The monoisotopic (exact) mass is 399 g/mol. The van der Waals surface area contributed by atoms with Crippen LogP contribution in [0.3, 0.4) is 0 Å². The Kier molecular flexibility index (Phi) is 5.51. The number of pyridine rings is 1. The first-order chi connectivity index (χ1) is 13.2. The fourth-order valence-corrected chi connectivity index (χ4v) is 3.28. The Bertz CT molecular complexity index is 1140. The number of fused-ring (bicyclic) bond motifs is 1. The summed E-state index contributed by atoms with van der Waals surface area (Å²) in [4.78, 5) is 16.8. The van der Waals surface area contributed by atoms with Gasteiger partial charge in [-0.05, 0) is 30.7 Å². The van der Waals surface area contributed by atoms with E-state index in [2.05, 4.69) is 15.6 Å². The van der Waals surface area contributed by atoms with Crippen molar-refractivity contribution in [1.82, 2.24) is 10.3 Å². The molecule has 0 aliphatic heterocycles. The van der Waals surface area contributed by atoms with Crippen molar-refractivity contribution < 1.29 is 18.3 Å². The largest absolute Gasteiger partial charge is 0.508 e. The van der Waals surface area contributed by atoms with Gasteiger partial charge in [-0.15, -0.1) is 0 Å². The van der Waals surface area contributed by atoms with Gasteiger partial charge in [0.1, 0.15) is 15.6 Å². The summed E-state index contributed by atoms with van der Waals surface area (Å²) in [7, 11) is -3.15. The Morgan fingerprint density at radius 3 is 2.68 bits per heavy atom. The number of nitrogens with one attached hydrogen (secondary N) is 2. The quantitative estimate of drug-likeness (QED) is 0.588. The molecule has 1 amide bonds. The van der Waals surface area contributed by atoms with Crippen molar-refractivity contribution in [3.05, 3.63) is 59.8 Å². The van der Waals surface area contributed by atoms with Crippen LogP contribution in [0.5, 0.6) is 5.75 Å². The number of nitrogens with zero attached hydrogens (tertiary/aromatic N) is 1. The highest BCUT2D eigenvalue weighted by Crippen LogP contribution is 2.30. The minimum absolute atomic E-state index is 0.0362. The Balaban J connectivity index is 1.92. The number of carbonyl (C=O) groups excluding carboxylic acids is 1. The van der Waals surface area contributed by atoms with Crippen LogP contribution in [-0.4, -0.2) is 43.0 Å². The summed E-state index contributed by atoms with van der Waals surface area (Å²) in [5.74, 6) is -0.356. The topological polar surface area (TPSA) is 108 Å². The number of aryl methyl sites for hydroxylation is 1. The van der Waals surface area contributed by atoms with E-state index in [1.807, 2.05) is 19.1 Å². The molecule has 0 unspecified atom stereocenters. The zero-order valence-electron chi connectivity index (χ0n) is 15.6. The summed E-state index contributed by atoms with van der Waals surface area (Å²) in [6, 6.07) is 12.1. The first-order valence-electron chi connectivity index (χ1n) is 8.65. The Hall–Kier alpha value is -3.13. The van der Waals surface area contributed by atoms with Crippen LogP contribution >= 0.6 is 0 Å². The van der Waals surface area contributed by atoms with E-state index >= 15 is 0 Å². The molecule has 0 saturated heterocycles. The lowest BCUT2D eigenvalue weighted by Crippen LogP contribution is -2.29. The minimum atomic E-state index is -3.15. The van der Waals surface area contributed by atoms with Gasteiger partial charge in [0.2, 0.25) is 0 Å². The molecule has 1 aromatic heterocycles. The van der Waals surface area contributed by atoms with Gasteiger partial charge in [0.05, 0.1) is 16.8 Å². The number of anilines is 2. The molecule has 8 heteroatoms. The van der Waals surface area contributed by atoms with E-state index in [1.54, 1.807) is 36.5 Å². The zero-order valence-corrected chi connectivity index (χ0v) is 16.4. The van der Waals surface area contributed by atoms with Crippen LogP contribution in [0.4, 0.5) is 11.4 Å². The number of aromatic nitrogens is 1. The van der Waals surface area contributed by atoms with Gasteiger partial charge in [0.25, 0.3) is 5.91 Å². The molecule has 0 bridgehead atoms. The number of rotatable bonds is 6. The molecule has 3 N–H and O–H groups in total. The second-order valence-corrected chi connectivity index (χ2v) is 8.83. The lowest BCUT2D eigenvalue weighted by molar-refractivity contribution is 0.0957. The van der Waals surface area contributed by atoms with Crippen molar-refractivity contribution in [2.75, 3.05) is 23.9 Å². The standard InChI is InChI=1S/C20H21N3O4S/c1-13-6-7-14(24)12-18(13)23-17-8-9-21-19-15(17)4-3-5-16(19)20(25)22-10-11-28(2,26)27/h3-9,12,24H,10-11H2,1-2H3,(H,21,23)(H,22,25). The molecule has 3 aromatic rings. The molecule has 7 nitrogen and oxygen atoms in total. The van der Waals surface area contributed by atoms with Crippen LogP contribution < -0.4 is 10.6 Å². The maximum atomic E-state index is 12.5. The van der Waals surface area contributed by atoms with Crippen molar-refractivity contribution in [1.29, 1.82) is 0 Å². The van der Waals surface area contributed by atoms with Crippen LogP contribution in [0.15, 0.2) is 48.7 Å². The van der Waals surface area contributed by atoms with Crippen LogP contribution in [-0.2, 0) is 9.84 Å². The number of hydrogen-bond acceptors (Lipinski definition) is 6. The molecule has 0 radical (unpaired) electrons. The van der Waals surface area contributed by atoms with E-state index in [-0.39, 0.29) is 24.0 Å². The second kappa shape index (κ2) is 7.85. The predicted octanol–water partition coefficient (Wildman–Crippen LogP) is 2.77. The third-order valence-electron chi connectivity index (χ3n) is 4.26. The molecule has 3 rings (SSSR count). The second-order valence-electron chi connectivity index (χ2n) is 6.57. The summed E-state index contributed by atoms with van der Waals surface area (Å²) in [5, 5.41) is 16.4. The van der Waals surface area contributed by atoms with Gasteiger partial charge in [-0.1, -0.05) is 18.2 Å². The maximum Gasteiger partial charge on any atom is 0.253 e. The van der Waals surface area contributed by atoms with Gasteiger partial charge >= 0.3 is 0 Å². The molecular formula is C20H21N3O4S. The van der Waals surface area contributed by atoms with Crippen LogP contribution in [0.1, 0.15) is 15.9 Å². The van der Waals surface area contributed by atoms with E-state index in [4.69, 9.17) is 0 Å². The molecule has 0 aliphatic carbocycles. The first-order valence-corrected chi connectivity index (χ1v) is 10.7. The SMILES string of the molecule is Cc1ccc(O)cc1Nc1ccnc2c(C(=O)NCCS(C)(=O)=O)cccc12. The normalized spacial score (nSPS) is 11.4. The van der Waals surface area contributed by atoms with Gasteiger partial charge in [-0.25, -0.2) is 8.42 Å². The number of phenolic OH excluding ortho intramolecular Hbond substituents is 1. The fourth-order valence-electron chi connectivity index (χ4n) is 2.80. The molecule has 0 atom stereocenters. The number of benzene rings is 2. The number of hydrogen-bond donors (Lipinski definition) is 3. The molecule has 146 valence electrons. The molecular weight excluding hydrogens is 378 g/mol. The first kappa shape index (κ1) is 19.6. The number of phenols is 1. The van der Waals surface area contributed by atoms with E-state index in [9.17, 15) is 18.3 Å². The smallest absolute Gasteiger partial charge is 0.253 e. The Labute approximate surface area is 163 Å². The molecule has 0 aliphatic rings. The number of sulfone groups is 1. The van der Waals surface area contributed by atoms with Crippen LogP contribution in [0, 0.1) is 6.92 Å². The lowest BCUT2D eigenvalue weighted by atomic mass is 10.1. The van der Waals surface area contributed by atoms with Gasteiger partial charge in [0, 0.05) is 41.8 Å². The molecule has 0 fully saturated rings. The lowest BCUT2D eigenvalue weighted by Gasteiger charge is -2.13. The summed E-state index contributed by atoms with van der Waals surface area (Å²) >= 11 is 0. The van der Waals surface area contributed by atoms with Crippen molar-refractivity contribution in [3.8, 4) is 5.75 Å². The highest BCUT2D eigenvalue weighted by atomic mass is 32.2. The van der Waals surface area contributed by atoms with Crippen molar-refractivity contribution >= 4 is 38.0 Å². The third kappa shape index (κ3) is 4.58. The summed E-state index contributed by atoms with van der Waals surface area (Å²) < 4.78 is 22.5. The van der Waals surface area contributed by atoms with Gasteiger partial charge in [-0.2, -0.15) is 0 Å². The van der Waals surface area contributed by atoms with Crippen LogP contribution in [0.2, 0.25) is 0 Å². The zero-order chi connectivity index (χ0) is 20.3. The number of carbonyl (C=O) groups is 1. The molecule has 0 spiro atoms. The number of para-hydroxylation sites is 1. The Morgan fingerprint density at radius 1 is 1.14 bits per heavy atom. The Morgan fingerprint density at radius 2 is 1.93 bits per heavy atom.